The van der Waals surface area contributed by atoms with Gasteiger partial charge in [0.2, 0.25) is 0 Å². The minimum absolute atomic E-state index is 0.307. The number of hydrogen-bond acceptors (Lipinski definition) is 2. The number of benzene rings is 2. The molecule has 0 bridgehead atoms. The largest absolute Gasteiger partial charge is 0.380 e. The summed E-state index contributed by atoms with van der Waals surface area (Å²) in [5, 5.41) is 11.8. The Bertz CT molecular complexity index is 697. The first kappa shape index (κ1) is 12.3. The minimum Gasteiger partial charge on any atom is -0.380 e. The standard InChI is InChI=1S/C16H13FOS/c1-16(18,12-7-3-4-8-13(12)17)15-10-11-6-2-5-9-14(11)19-15/h2-10,18H,1H3. The third-order valence-electron chi connectivity index (χ3n) is 3.30. The molecule has 0 radical (unpaired) electrons. The number of fused-ring (bicyclic) bond motifs is 1. The van der Waals surface area contributed by atoms with E-state index in [9.17, 15) is 9.50 Å². The maximum absolute atomic E-state index is 13.9. The van der Waals surface area contributed by atoms with Crippen molar-refractivity contribution in [2.24, 2.45) is 0 Å². The Hall–Kier alpha value is -1.71. The lowest BCUT2D eigenvalue weighted by molar-refractivity contribution is 0.102. The van der Waals surface area contributed by atoms with Crippen molar-refractivity contribution in [2.75, 3.05) is 0 Å². The summed E-state index contributed by atoms with van der Waals surface area (Å²) in [7, 11) is 0. The van der Waals surface area contributed by atoms with E-state index in [-0.39, 0.29) is 5.82 Å². The molecule has 0 amide bonds. The van der Waals surface area contributed by atoms with E-state index in [1.54, 1.807) is 25.1 Å². The van der Waals surface area contributed by atoms with Gasteiger partial charge in [-0.3, -0.25) is 0 Å². The van der Waals surface area contributed by atoms with Crippen LogP contribution in [0.5, 0.6) is 0 Å². The molecule has 0 aliphatic rings. The van der Waals surface area contributed by atoms with Crippen molar-refractivity contribution >= 4 is 21.4 Å². The second-order valence-electron chi connectivity index (χ2n) is 4.70. The highest BCUT2D eigenvalue weighted by Crippen LogP contribution is 2.38. The van der Waals surface area contributed by atoms with Crippen molar-refractivity contribution in [3.05, 3.63) is 70.9 Å². The number of aliphatic hydroxyl groups is 1. The van der Waals surface area contributed by atoms with Crippen LogP contribution in [0.3, 0.4) is 0 Å². The number of rotatable bonds is 2. The van der Waals surface area contributed by atoms with E-state index in [0.29, 0.717) is 5.56 Å². The quantitative estimate of drug-likeness (QED) is 0.737. The molecule has 1 unspecified atom stereocenters. The van der Waals surface area contributed by atoms with Crippen LogP contribution < -0.4 is 0 Å². The summed E-state index contributed by atoms with van der Waals surface area (Å²) in [6, 6.07) is 16.2. The van der Waals surface area contributed by atoms with Gasteiger partial charge in [-0.05, 0) is 30.5 Å². The smallest absolute Gasteiger partial charge is 0.129 e. The van der Waals surface area contributed by atoms with Crippen molar-refractivity contribution in [3.8, 4) is 0 Å². The second kappa shape index (κ2) is 4.44. The lowest BCUT2D eigenvalue weighted by atomic mass is 9.93. The first-order valence-corrected chi connectivity index (χ1v) is 6.87. The zero-order valence-electron chi connectivity index (χ0n) is 10.4. The molecule has 0 saturated carbocycles. The van der Waals surface area contributed by atoms with Crippen molar-refractivity contribution in [1.29, 1.82) is 0 Å². The van der Waals surface area contributed by atoms with Gasteiger partial charge in [-0.15, -0.1) is 11.3 Å². The first-order valence-electron chi connectivity index (χ1n) is 6.05. The summed E-state index contributed by atoms with van der Waals surface area (Å²) in [6.45, 7) is 1.64. The fourth-order valence-electron chi connectivity index (χ4n) is 2.21. The van der Waals surface area contributed by atoms with E-state index in [0.717, 1.165) is 15.0 Å². The second-order valence-corrected chi connectivity index (χ2v) is 5.78. The SMILES string of the molecule is CC(O)(c1cc2ccccc2s1)c1ccccc1F. The summed E-state index contributed by atoms with van der Waals surface area (Å²) in [6.07, 6.45) is 0. The fourth-order valence-corrected chi connectivity index (χ4v) is 3.33. The lowest BCUT2D eigenvalue weighted by Gasteiger charge is -2.22. The highest BCUT2D eigenvalue weighted by molar-refractivity contribution is 7.19. The van der Waals surface area contributed by atoms with Crippen molar-refractivity contribution in [3.63, 3.8) is 0 Å². The molecule has 2 aromatic carbocycles. The Morgan fingerprint density at radius 3 is 2.47 bits per heavy atom. The molecule has 1 nitrogen and oxygen atoms in total. The normalized spacial score (nSPS) is 14.5. The molecule has 0 spiro atoms. The highest BCUT2D eigenvalue weighted by atomic mass is 32.1. The maximum Gasteiger partial charge on any atom is 0.129 e. The summed E-state index contributed by atoms with van der Waals surface area (Å²) >= 11 is 1.49. The van der Waals surface area contributed by atoms with Gasteiger partial charge < -0.3 is 5.11 Å². The molecule has 3 aromatic rings. The third-order valence-corrected chi connectivity index (χ3v) is 4.63. The van der Waals surface area contributed by atoms with E-state index < -0.39 is 5.60 Å². The lowest BCUT2D eigenvalue weighted by Crippen LogP contribution is -2.22. The molecular formula is C16H13FOS. The average Bonchev–Trinajstić information content (AvgIpc) is 2.83. The molecule has 19 heavy (non-hydrogen) atoms. The molecule has 0 aliphatic heterocycles. The summed E-state index contributed by atoms with van der Waals surface area (Å²) in [5.74, 6) is -0.384. The molecule has 3 heteroatoms. The van der Waals surface area contributed by atoms with Gasteiger partial charge in [-0.25, -0.2) is 4.39 Å². The number of halogens is 1. The van der Waals surface area contributed by atoms with Crippen LogP contribution in [0.2, 0.25) is 0 Å². The van der Waals surface area contributed by atoms with Gasteiger partial charge in [-0.1, -0.05) is 36.4 Å². The van der Waals surface area contributed by atoms with Gasteiger partial charge in [0, 0.05) is 15.1 Å². The molecule has 3 rings (SSSR count). The van der Waals surface area contributed by atoms with Crippen LogP contribution in [0.4, 0.5) is 4.39 Å². The van der Waals surface area contributed by atoms with E-state index in [1.165, 1.54) is 17.4 Å². The topological polar surface area (TPSA) is 20.2 Å². The maximum atomic E-state index is 13.9. The van der Waals surface area contributed by atoms with E-state index in [2.05, 4.69) is 0 Å². The molecule has 1 aromatic heterocycles. The van der Waals surface area contributed by atoms with Crippen LogP contribution in [0.1, 0.15) is 17.4 Å². The van der Waals surface area contributed by atoms with Gasteiger partial charge >= 0.3 is 0 Å². The van der Waals surface area contributed by atoms with Gasteiger partial charge in [0.25, 0.3) is 0 Å². The van der Waals surface area contributed by atoms with Gasteiger partial charge in [0.15, 0.2) is 0 Å². The number of hydrogen-bond donors (Lipinski definition) is 1. The van der Waals surface area contributed by atoms with Gasteiger partial charge in [0.05, 0.1) is 0 Å². The Morgan fingerprint density at radius 1 is 1.05 bits per heavy atom. The molecule has 0 saturated heterocycles. The highest BCUT2D eigenvalue weighted by Gasteiger charge is 2.30. The Kier molecular flexibility index (Phi) is 2.88. The molecule has 0 aliphatic carbocycles. The van der Waals surface area contributed by atoms with Crippen LogP contribution in [0.15, 0.2) is 54.6 Å². The molecule has 1 heterocycles. The summed E-state index contributed by atoms with van der Waals surface area (Å²) in [5.41, 5.74) is -1.00. The van der Waals surface area contributed by atoms with Crippen molar-refractivity contribution in [1.82, 2.24) is 0 Å². The van der Waals surface area contributed by atoms with Gasteiger partial charge in [0.1, 0.15) is 11.4 Å². The monoisotopic (exact) mass is 272 g/mol. The number of thiophene rings is 1. The minimum atomic E-state index is -1.31. The third kappa shape index (κ3) is 2.05. The average molecular weight is 272 g/mol. The zero-order valence-corrected chi connectivity index (χ0v) is 11.2. The molecule has 0 fully saturated rings. The molecule has 1 atom stereocenters. The van der Waals surface area contributed by atoms with Crippen LogP contribution >= 0.6 is 11.3 Å². The van der Waals surface area contributed by atoms with E-state index in [1.807, 2.05) is 30.3 Å². The zero-order chi connectivity index (χ0) is 13.5. The fraction of sp³-hybridized carbons (Fsp3) is 0.125. The van der Waals surface area contributed by atoms with Crippen molar-refractivity contribution in [2.45, 2.75) is 12.5 Å². The molecule has 96 valence electrons. The first-order chi connectivity index (χ1) is 9.09. The Morgan fingerprint density at radius 2 is 1.74 bits per heavy atom. The van der Waals surface area contributed by atoms with Crippen LogP contribution in [0, 0.1) is 5.82 Å². The van der Waals surface area contributed by atoms with Crippen molar-refractivity contribution < 1.29 is 9.50 Å². The molecule has 1 N–H and O–H groups in total. The summed E-state index contributed by atoms with van der Waals surface area (Å²) in [4.78, 5) is 0.749. The Balaban J connectivity index is 2.16. The van der Waals surface area contributed by atoms with Crippen LogP contribution in [0.25, 0.3) is 10.1 Å². The Labute approximate surface area is 115 Å². The molecular weight excluding hydrogens is 259 g/mol. The van der Waals surface area contributed by atoms with Crippen LogP contribution in [-0.2, 0) is 5.60 Å². The van der Waals surface area contributed by atoms with Crippen LogP contribution in [-0.4, -0.2) is 5.11 Å². The van der Waals surface area contributed by atoms with E-state index in [4.69, 9.17) is 0 Å². The predicted octanol–water partition coefficient (Wildman–Crippen LogP) is 4.30. The predicted molar refractivity (Wildman–Crippen MR) is 76.9 cm³/mol. The summed E-state index contributed by atoms with van der Waals surface area (Å²) < 4.78 is 15.0. The van der Waals surface area contributed by atoms with E-state index >= 15 is 0 Å². The van der Waals surface area contributed by atoms with Gasteiger partial charge in [-0.2, -0.15) is 0 Å².